The minimum absolute atomic E-state index is 0.0586. The Bertz CT molecular complexity index is 1510. The molecule has 2 heterocycles. The molecule has 0 amide bonds. The number of hydrogen-bond acceptors (Lipinski definition) is 6. The van der Waals surface area contributed by atoms with E-state index in [-0.39, 0.29) is 5.56 Å². The zero-order chi connectivity index (χ0) is 21.9. The number of fused-ring (bicyclic) bond motifs is 3. The van der Waals surface area contributed by atoms with Gasteiger partial charge in [-0.15, -0.1) is 0 Å². The molecule has 160 valence electrons. The lowest BCUT2D eigenvalue weighted by Gasteiger charge is -2.09. The average molecular weight is 445 g/mol. The Kier molecular flexibility index (Phi) is 5.47. The molecule has 0 aliphatic carbocycles. The van der Waals surface area contributed by atoms with Gasteiger partial charge in [0.25, 0.3) is 5.56 Å². The van der Waals surface area contributed by atoms with Crippen molar-refractivity contribution in [3.05, 3.63) is 93.2 Å². The van der Waals surface area contributed by atoms with Gasteiger partial charge in [0.15, 0.2) is 4.96 Å². The van der Waals surface area contributed by atoms with Crippen LogP contribution in [0.4, 0.5) is 0 Å². The summed E-state index contributed by atoms with van der Waals surface area (Å²) in [5, 5.41) is 0. The molecular formula is C25H20N2O4S. The van der Waals surface area contributed by atoms with Gasteiger partial charge in [-0.05, 0) is 48.0 Å². The summed E-state index contributed by atoms with van der Waals surface area (Å²) in [5.41, 5.74) is 2.49. The molecule has 0 unspecified atom stereocenters. The van der Waals surface area contributed by atoms with Crippen LogP contribution in [0, 0.1) is 0 Å². The second-order valence-electron chi connectivity index (χ2n) is 7.08. The molecule has 6 nitrogen and oxygen atoms in total. The fraction of sp³-hybridized carbons (Fsp3) is 0.120. The van der Waals surface area contributed by atoms with E-state index in [4.69, 9.17) is 14.2 Å². The molecule has 0 aliphatic heterocycles. The molecule has 0 aliphatic rings. The molecule has 5 aromatic rings. The third-order valence-electron chi connectivity index (χ3n) is 4.96. The number of imidazole rings is 1. The van der Waals surface area contributed by atoms with Gasteiger partial charge < -0.3 is 14.2 Å². The first-order valence-corrected chi connectivity index (χ1v) is 10.9. The molecule has 0 bridgehead atoms. The highest BCUT2D eigenvalue weighted by Gasteiger charge is 2.10. The summed E-state index contributed by atoms with van der Waals surface area (Å²) in [6, 6.07) is 22.8. The zero-order valence-electron chi connectivity index (χ0n) is 17.4. The standard InChI is InChI=1S/C25H20N2O4S/c1-29-18-7-5-9-20(16-18)31-13-12-30-19-8-4-6-17(14-19)15-23-24(28)27-22-11-3-2-10-21(22)26-25(27)32-23/h2-11,14-16H,12-13H2,1H3/b23-15+. The molecule has 0 fully saturated rings. The van der Waals surface area contributed by atoms with Crippen LogP contribution in [0.3, 0.4) is 0 Å². The summed E-state index contributed by atoms with van der Waals surface area (Å²) in [6.45, 7) is 0.799. The maximum absolute atomic E-state index is 12.9. The van der Waals surface area contributed by atoms with Crippen molar-refractivity contribution in [2.24, 2.45) is 0 Å². The van der Waals surface area contributed by atoms with Crippen molar-refractivity contribution in [3.63, 3.8) is 0 Å². The van der Waals surface area contributed by atoms with Gasteiger partial charge in [-0.2, -0.15) is 0 Å². The third-order valence-corrected chi connectivity index (χ3v) is 5.93. The summed E-state index contributed by atoms with van der Waals surface area (Å²) >= 11 is 1.39. The van der Waals surface area contributed by atoms with Crippen molar-refractivity contribution in [1.82, 2.24) is 9.38 Å². The second kappa shape index (κ2) is 8.72. The van der Waals surface area contributed by atoms with Crippen LogP contribution in [-0.4, -0.2) is 29.7 Å². The lowest BCUT2D eigenvalue weighted by molar-refractivity contribution is 0.216. The summed E-state index contributed by atoms with van der Waals surface area (Å²) in [4.78, 5) is 18.2. The van der Waals surface area contributed by atoms with Crippen LogP contribution in [0.15, 0.2) is 77.6 Å². The molecule has 0 atom stereocenters. The number of rotatable bonds is 7. The largest absolute Gasteiger partial charge is 0.497 e. The highest BCUT2D eigenvalue weighted by atomic mass is 32.1. The van der Waals surface area contributed by atoms with E-state index < -0.39 is 0 Å². The van der Waals surface area contributed by atoms with Gasteiger partial charge >= 0.3 is 0 Å². The normalized spacial score (nSPS) is 11.8. The van der Waals surface area contributed by atoms with E-state index in [1.54, 1.807) is 11.5 Å². The van der Waals surface area contributed by atoms with Gasteiger partial charge in [-0.25, -0.2) is 9.38 Å². The molecule has 0 saturated heterocycles. The maximum Gasteiger partial charge on any atom is 0.274 e. The molecule has 7 heteroatoms. The monoisotopic (exact) mass is 444 g/mol. The van der Waals surface area contributed by atoms with E-state index in [1.807, 2.05) is 78.9 Å². The number of aromatic nitrogens is 2. The lowest BCUT2D eigenvalue weighted by atomic mass is 10.2. The van der Waals surface area contributed by atoms with E-state index in [1.165, 1.54) is 11.3 Å². The van der Waals surface area contributed by atoms with Crippen LogP contribution in [0.1, 0.15) is 5.56 Å². The number of para-hydroxylation sites is 2. The van der Waals surface area contributed by atoms with E-state index in [2.05, 4.69) is 4.98 Å². The molecule has 3 aromatic carbocycles. The number of benzene rings is 3. The zero-order valence-corrected chi connectivity index (χ0v) is 18.2. The Labute approximate surface area is 187 Å². The fourth-order valence-electron chi connectivity index (χ4n) is 3.47. The Morgan fingerprint density at radius 2 is 1.62 bits per heavy atom. The van der Waals surface area contributed by atoms with E-state index in [0.717, 1.165) is 28.1 Å². The van der Waals surface area contributed by atoms with Gasteiger partial charge in [0, 0.05) is 6.07 Å². The number of nitrogens with zero attached hydrogens (tertiary/aromatic N) is 2. The first-order chi connectivity index (χ1) is 15.7. The van der Waals surface area contributed by atoms with Gasteiger partial charge in [-0.3, -0.25) is 4.79 Å². The Balaban J connectivity index is 1.30. The van der Waals surface area contributed by atoms with Crippen LogP contribution in [0.5, 0.6) is 17.2 Å². The summed E-state index contributed by atoms with van der Waals surface area (Å²) in [5.74, 6) is 2.19. The molecule has 0 radical (unpaired) electrons. The van der Waals surface area contributed by atoms with Crippen molar-refractivity contribution >= 4 is 33.4 Å². The summed E-state index contributed by atoms with van der Waals surface area (Å²) in [7, 11) is 1.62. The van der Waals surface area contributed by atoms with Gasteiger partial charge in [0.1, 0.15) is 30.5 Å². The summed E-state index contributed by atoms with van der Waals surface area (Å²) in [6.07, 6.45) is 1.87. The summed E-state index contributed by atoms with van der Waals surface area (Å²) < 4.78 is 19.0. The minimum atomic E-state index is -0.0586. The van der Waals surface area contributed by atoms with Crippen LogP contribution in [0.25, 0.3) is 22.1 Å². The molecule has 0 saturated carbocycles. The van der Waals surface area contributed by atoms with Crippen molar-refractivity contribution in [3.8, 4) is 17.2 Å². The van der Waals surface area contributed by atoms with E-state index in [9.17, 15) is 4.79 Å². The SMILES string of the molecule is COc1cccc(OCCOc2cccc(/C=c3/sc4nc5ccccc5n4c3=O)c2)c1. The number of thiazole rings is 1. The van der Waals surface area contributed by atoms with Crippen molar-refractivity contribution < 1.29 is 14.2 Å². The highest BCUT2D eigenvalue weighted by Crippen LogP contribution is 2.19. The van der Waals surface area contributed by atoms with Crippen LogP contribution >= 0.6 is 11.3 Å². The highest BCUT2D eigenvalue weighted by molar-refractivity contribution is 7.15. The molecule has 2 aromatic heterocycles. The van der Waals surface area contributed by atoms with Gasteiger partial charge in [0.2, 0.25) is 0 Å². The number of methoxy groups -OCH3 is 1. The average Bonchev–Trinajstić information content (AvgIpc) is 3.33. The minimum Gasteiger partial charge on any atom is -0.497 e. The topological polar surface area (TPSA) is 62.1 Å². The molecule has 0 spiro atoms. The lowest BCUT2D eigenvalue weighted by Crippen LogP contribution is -2.22. The first kappa shape index (κ1) is 20.1. The Morgan fingerprint density at radius 3 is 2.44 bits per heavy atom. The number of ether oxygens (including phenoxy) is 3. The maximum atomic E-state index is 12.9. The number of hydrogen-bond donors (Lipinski definition) is 0. The predicted molar refractivity (Wildman–Crippen MR) is 126 cm³/mol. The van der Waals surface area contributed by atoms with Gasteiger partial charge in [-0.1, -0.05) is 41.7 Å². The van der Waals surface area contributed by atoms with E-state index in [0.29, 0.717) is 28.5 Å². The molecule has 5 rings (SSSR count). The Morgan fingerprint density at radius 1 is 0.906 bits per heavy atom. The van der Waals surface area contributed by atoms with Crippen molar-refractivity contribution in [1.29, 1.82) is 0 Å². The van der Waals surface area contributed by atoms with Crippen LogP contribution < -0.4 is 24.3 Å². The third kappa shape index (κ3) is 4.02. The molecule has 0 N–H and O–H groups in total. The van der Waals surface area contributed by atoms with Crippen LogP contribution in [-0.2, 0) is 0 Å². The molecular weight excluding hydrogens is 424 g/mol. The fourth-order valence-corrected chi connectivity index (χ4v) is 4.45. The van der Waals surface area contributed by atoms with Crippen molar-refractivity contribution in [2.45, 2.75) is 0 Å². The van der Waals surface area contributed by atoms with E-state index >= 15 is 0 Å². The Hall–Kier alpha value is -3.84. The molecule has 32 heavy (non-hydrogen) atoms. The second-order valence-corrected chi connectivity index (χ2v) is 8.09. The van der Waals surface area contributed by atoms with Crippen molar-refractivity contribution in [2.75, 3.05) is 20.3 Å². The van der Waals surface area contributed by atoms with Crippen LogP contribution in [0.2, 0.25) is 0 Å². The smallest absolute Gasteiger partial charge is 0.274 e. The predicted octanol–water partition coefficient (Wildman–Crippen LogP) is 3.92. The quantitative estimate of drug-likeness (QED) is 0.356. The van der Waals surface area contributed by atoms with Gasteiger partial charge in [0.05, 0.1) is 22.7 Å². The first-order valence-electron chi connectivity index (χ1n) is 10.1.